The molecular weight excluding hydrogens is 290 g/mol. The Balaban J connectivity index is 2.17. The number of nitrogen functional groups attached to an aromatic ring is 1. The van der Waals surface area contributed by atoms with Gasteiger partial charge < -0.3 is 11.1 Å². The van der Waals surface area contributed by atoms with Crippen LogP contribution in [0.3, 0.4) is 0 Å². The van der Waals surface area contributed by atoms with Gasteiger partial charge in [0.2, 0.25) is 10.0 Å². The predicted molar refractivity (Wildman–Crippen MR) is 82.4 cm³/mol. The molecule has 7 nitrogen and oxygen atoms in total. The van der Waals surface area contributed by atoms with Crippen molar-refractivity contribution in [1.82, 2.24) is 9.78 Å². The normalized spacial score (nSPS) is 11.6. The van der Waals surface area contributed by atoms with Gasteiger partial charge in [-0.05, 0) is 30.7 Å². The lowest BCUT2D eigenvalue weighted by Crippen LogP contribution is -2.16. The van der Waals surface area contributed by atoms with E-state index in [1.165, 1.54) is 6.07 Å². The third kappa shape index (κ3) is 3.53. The molecule has 114 valence electrons. The highest BCUT2D eigenvalue weighted by molar-refractivity contribution is 7.89. The van der Waals surface area contributed by atoms with Crippen LogP contribution in [0.1, 0.15) is 11.3 Å². The topological polar surface area (TPSA) is 116 Å². The lowest BCUT2D eigenvalue weighted by atomic mass is 10.1. The van der Waals surface area contributed by atoms with Crippen LogP contribution in [-0.2, 0) is 23.5 Å². The van der Waals surface area contributed by atoms with E-state index < -0.39 is 10.0 Å². The number of benzene rings is 1. The summed E-state index contributed by atoms with van der Waals surface area (Å²) in [6.07, 6.45) is 2.50. The molecule has 0 aliphatic rings. The van der Waals surface area contributed by atoms with E-state index in [4.69, 9.17) is 10.9 Å². The molecule has 0 spiro atoms. The lowest BCUT2D eigenvalue weighted by Gasteiger charge is -2.13. The van der Waals surface area contributed by atoms with Crippen LogP contribution in [0.5, 0.6) is 0 Å². The van der Waals surface area contributed by atoms with E-state index in [2.05, 4.69) is 10.4 Å². The number of nitrogens with zero attached hydrogens (tertiary/aromatic N) is 2. The van der Waals surface area contributed by atoms with E-state index >= 15 is 0 Å². The molecule has 0 unspecified atom stereocenters. The Kier molecular flexibility index (Phi) is 4.19. The highest BCUT2D eigenvalue weighted by Gasteiger charge is 2.15. The highest BCUT2D eigenvalue weighted by atomic mass is 32.2. The predicted octanol–water partition coefficient (Wildman–Crippen LogP) is 0.613. The molecule has 1 aromatic carbocycles. The molecule has 21 heavy (non-hydrogen) atoms. The average Bonchev–Trinajstić information content (AvgIpc) is 2.77. The molecule has 8 heteroatoms. The molecule has 0 amide bonds. The third-order valence-electron chi connectivity index (χ3n) is 3.31. The van der Waals surface area contributed by atoms with Gasteiger partial charge in [0.05, 0.1) is 4.90 Å². The zero-order valence-electron chi connectivity index (χ0n) is 12.0. The molecule has 5 N–H and O–H groups in total. The van der Waals surface area contributed by atoms with Gasteiger partial charge in [-0.2, -0.15) is 5.10 Å². The number of aryl methyl sites for hydroxylation is 1. The van der Waals surface area contributed by atoms with Crippen molar-refractivity contribution in [2.75, 3.05) is 17.6 Å². The van der Waals surface area contributed by atoms with Crippen molar-refractivity contribution in [3.63, 3.8) is 0 Å². The zero-order valence-corrected chi connectivity index (χ0v) is 12.8. The Morgan fingerprint density at radius 2 is 2.10 bits per heavy atom. The number of hydrogen-bond acceptors (Lipinski definition) is 5. The Labute approximate surface area is 124 Å². The van der Waals surface area contributed by atoms with Crippen molar-refractivity contribution < 1.29 is 8.42 Å². The minimum absolute atomic E-state index is 0.0468. The van der Waals surface area contributed by atoms with E-state index in [0.29, 0.717) is 23.5 Å². The van der Waals surface area contributed by atoms with Gasteiger partial charge in [-0.25, -0.2) is 13.6 Å². The molecule has 0 aliphatic heterocycles. The molecule has 0 atom stereocenters. The van der Waals surface area contributed by atoms with Crippen LogP contribution in [0.2, 0.25) is 0 Å². The number of anilines is 2. The molecule has 1 heterocycles. The van der Waals surface area contributed by atoms with Gasteiger partial charge in [-0.3, -0.25) is 4.68 Å². The van der Waals surface area contributed by atoms with Crippen LogP contribution in [0.15, 0.2) is 29.3 Å². The lowest BCUT2D eigenvalue weighted by molar-refractivity contribution is 0.597. The van der Waals surface area contributed by atoms with Gasteiger partial charge >= 0.3 is 0 Å². The number of rotatable bonds is 5. The first-order chi connectivity index (χ1) is 9.79. The smallest absolute Gasteiger partial charge is 0.238 e. The minimum atomic E-state index is -3.79. The number of nitrogens with two attached hydrogens (primary N) is 2. The van der Waals surface area contributed by atoms with Gasteiger partial charge in [0.15, 0.2) is 0 Å². The second-order valence-electron chi connectivity index (χ2n) is 4.86. The van der Waals surface area contributed by atoms with Crippen molar-refractivity contribution >= 4 is 21.4 Å². The molecule has 0 radical (unpaired) electrons. The Hall–Kier alpha value is -2.06. The third-order valence-corrected chi connectivity index (χ3v) is 4.35. The quantitative estimate of drug-likeness (QED) is 0.700. The van der Waals surface area contributed by atoms with Gasteiger partial charge in [0, 0.05) is 43.3 Å². The second kappa shape index (κ2) is 5.74. The fraction of sp³-hybridized carbons (Fsp3) is 0.308. The van der Waals surface area contributed by atoms with Crippen molar-refractivity contribution in [1.29, 1.82) is 0 Å². The fourth-order valence-electron chi connectivity index (χ4n) is 2.16. The summed E-state index contributed by atoms with van der Waals surface area (Å²) in [5.74, 6) is 0. The second-order valence-corrected chi connectivity index (χ2v) is 6.39. The van der Waals surface area contributed by atoms with E-state index in [0.717, 1.165) is 12.1 Å². The van der Waals surface area contributed by atoms with Gasteiger partial charge in [0.1, 0.15) is 0 Å². The highest BCUT2D eigenvalue weighted by Crippen LogP contribution is 2.26. The monoisotopic (exact) mass is 309 g/mol. The molecule has 0 fully saturated rings. The van der Waals surface area contributed by atoms with E-state index in [1.54, 1.807) is 23.9 Å². The first-order valence-electron chi connectivity index (χ1n) is 6.42. The molecule has 0 bridgehead atoms. The maximum atomic E-state index is 11.5. The number of nitrogens with one attached hydrogen (secondary N) is 1. The Bertz CT molecular complexity index is 752. The fourth-order valence-corrected chi connectivity index (χ4v) is 3.00. The summed E-state index contributed by atoms with van der Waals surface area (Å²) >= 11 is 0. The molecule has 0 aliphatic carbocycles. The molecule has 0 saturated carbocycles. The van der Waals surface area contributed by atoms with Crippen LogP contribution in [-0.4, -0.2) is 24.7 Å². The van der Waals surface area contributed by atoms with Gasteiger partial charge in [-0.15, -0.1) is 0 Å². The average molecular weight is 309 g/mol. The van der Waals surface area contributed by atoms with Crippen molar-refractivity contribution in [2.45, 2.75) is 18.2 Å². The van der Waals surface area contributed by atoms with Crippen LogP contribution in [0, 0.1) is 6.92 Å². The van der Waals surface area contributed by atoms with E-state index in [-0.39, 0.29) is 4.90 Å². The molecule has 0 saturated heterocycles. The first kappa shape index (κ1) is 15.3. The molecular formula is C13H19N5O2S. The minimum Gasteiger partial charge on any atom is -0.399 e. The van der Waals surface area contributed by atoms with Gasteiger partial charge in [-0.1, -0.05) is 0 Å². The number of sulfonamides is 1. The summed E-state index contributed by atoms with van der Waals surface area (Å²) in [5.41, 5.74) is 8.41. The van der Waals surface area contributed by atoms with Crippen molar-refractivity contribution in [2.24, 2.45) is 12.2 Å². The van der Waals surface area contributed by atoms with Gasteiger partial charge in [0.25, 0.3) is 0 Å². The summed E-state index contributed by atoms with van der Waals surface area (Å²) in [7, 11) is -1.91. The van der Waals surface area contributed by atoms with E-state index in [1.807, 2.05) is 13.1 Å². The molecule has 2 rings (SSSR count). The largest absolute Gasteiger partial charge is 0.399 e. The summed E-state index contributed by atoms with van der Waals surface area (Å²) in [5, 5.41) is 12.5. The summed E-state index contributed by atoms with van der Waals surface area (Å²) in [4.78, 5) is 0.0468. The standard InChI is InChI=1S/C13H19N5O2S/c1-9-12(7-10(14)8-13(9)21(15,19)20)16-5-3-11-4-6-17-18(11)2/h4,6-8,16H,3,5,14H2,1-2H3,(H2,15,19,20). The van der Waals surface area contributed by atoms with Crippen LogP contribution in [0.4, 0.5) is 11.4 Å². The van der Waals surface area contributed by atoms with Crippen LogP contribution in [0.25, 0.3) is 0 Å². The molecule has 1 aromatic heterocycles. The van der Waals surface area contributed by atoms with Crippen LogP contribution >= 0.6 is 0 Å². The maximum Gasteiger partial charge on any atom is 0.238 e. The summed E-state index contributed by atoms with van der Waals surface area (Å²) in [6, 6.07) is 5.01. The van der Waals surface area contributed by atoms with Crippen LogP contribution < -0.4 is 16.2 Å². The van der Waals surface area contributed by atoms with E-state index in [9.17, 15) is 8.42 Å². The summed E-state index contributed by atoms with van der Waals surface area (Å²) in [6.45, 7) is 2.33. The van der Waals surface area contributed by atoms with Crippen molar-refractivity contribution in [3.05, 3.63) is 35.7 Å². The Morgan fingerprint density at radius 3 is 2.67 bits per heavy atom. The first-order valence-corrected chi connectivity index (χ1v) is 7.97. The maximum absolute atomic E-state index is 11.5. The molecule has 2 aromatic rings. The Morgan fingerprint density at radius 1 is 1.38 bits per heavy atom. The van der Waals surface area contributed by atoms with Crippen molar-refractivity contribution in [3.8, 4) is 0 Å². The number of aromatic nitrogens is 2. The zero-order chi connectivity index (χ0) is 15.6. The summed E-state index contributed by atoms with van der Waals surface area (Å²) < 4.78 is 24.9. The number of primary sulfonamides is 1. The number of hydrogen-bond donors (Lipinski definition) is 3. The SMILES string of the molecule is Cc1c(NCCc2ccnn2C)cc(N)cc1S(N)(=O)=O.